The van der Waals surface area contributed by atoms with Crippen molar-refractivity contribution in [2.24, 2.45) is 7.05 Å². The number of benzene rings is 1. The summed E-state index contributed by atoms with van der Waals surface area (Å²) in [6, 6.07) is 6.18. The van der Waals surface area contributed by atoms with Gasteiger partial charge in [-0.05, 0) is 37.1 Å². The summed E-state index contributed by atoms with van der Waals surface area (Å²) in [5.74, 6) is -0.846. The van der Waals surface area contributed by atoms with E-state index in [4.69, 9.17) is 21.1 Å². The van der Waals surface area contributed by atoms with Gasteiger partial charge in [-0.2, -0.15) is 0 Å². The predicted molar refractivity (Wildman–Crippen MR) is 121 cm³/mol. The molecule has 1 fully saturated rings. The van der Waals surface area contributed by atoms with Gasteiger partial charge in [0.1, 0.15) is 17.9 Å². The molecule has 2 aromatic heterocycles. The number of halogens is 1. The molecule has 1 aliphatic carbocycles. The van der Waals surface area contributed by atoms with Crippen molar-refractivity contribution < 1.29 is 19.1 Å². The molecule has 2 heterocycles. The number of methoxy groups -OCH3 is 2. The zero-order valence-corrected chi connectivity index (χ0v) is 18.9. The molecule has 11 heteroatoms. The van der Waals surface area contributed by atoms with Crippen LogP contribution >= 0.6 is 11.6 Å². The minimum Gasteiger partial charge on any atom is -0.495 e. The molecule has 0 unspecified atom stereocenters. The van der Waals surface area contributed by atoms with Crippen molar-refractivity contribution in [3.8, 4) is 5.75 Å². The number of carbonyl (C=O) groups excluding carboxylic acids is 2. The van der Waals surface area contributed by atoms with E-state index in [2.05, 4.69) is 10.3 Å². The maximum Gasteiger partial charge on any atom is 0.338 e. The smallest absolute Gasteiger partial charge is 0.338 e. The second-order valence-corrected chi connectivity index (χ2v) is 8.12. The van der Waals surface area contributed by atoms with Crippen LogP contribution < -0.4 is 21.3 Å². The molecular weight excluding hydrogens is 452 g/mol. The van der Waals surface area contributed by atoms with Crippen LogP contribution in [0.1, 0.15) is 34.8 Å². The molecule has 1 aliphatic rings. The van der Waals surface area contributed by atoms with Gasteiger partial charge in [-0.1, -0.05) is 11.6 Å². The number of carbonyl (C=O) groups is 2. The lowest BCUT2D eigenvalue weighted by Crippen LogP contribution is -2.42. The molecular formula is C22H21ClN4O6. The number of pyridine rings is 1. The Bertz CT molecular complexity index is 1410. The van der Waals surface area contributed by atoms with Gasteiger partial charge in [0.25, 0.3) is 5.56 Å². The van der Waals surface area contributed by atoms with Gasteiger partial charge < -0.3 is 14.8 Å². The number of hydrogen-bond acceptors (Lipinski definition) is 7. The molecule has 33 heavy (non-hydrogen) atoms. The number of aryl methyl sites for hydroxylation is 1. The van der Waals surface area contributed by atoms with Gasteiger partial charge in [-0.15, -0.1) is 0 Å². The number of aromatic nitrogens is 3. The van der Waals surface area contributed by atoms with Crippen LogP contribution in [0.15, 0.2) is 33.9 Å². The summed E-state index contributed by atoms with van der Waals surface area (Å²) in [5.41, 5.74) is -0.556. The molecule has 0 atom stereocenters. The molecule has 1 N–H and O–H groups in total. The summed E-state index contributed by atoms with van der Waals surface area (Å²) in [6.07, 6.45) is 1.83. The topological polar surface area (TPSA) is 122 Å². The minimum atomic E-state index is -0.809. The van der Waals surface area contributed by atoms with E-state index in [1.807, 2.05) is 0 Å². The molecule has 0 aliphatic heterocycles. The van der Waals surface area contributed by atoms with Crippen LogP contribution in [0.3, 0.4) is 0 Å². The van der Waals surface area contributed by atoms with Gasteiger partial charge in [-0.25, -0.2) is 14.6 Å². The summed E-state index contributed by atoms with van der Waals surface area (Å²) >= 11 is 5.99. The van der Waals surface area contributed by atoms with E-state index in [1.54, 1.807) is 12.1 Å². The lowest BCUT2D eigenvalue weighted by atomic mass is 10.1. The monoisotopic (exact) mass is 472 g/mol. The van der Waals surface area contributed by atoms with Gasteiger partial charge >= 0.3 is 11.7 Å². The van der Waals surface area contributed by atoms with Gasteiger partial charge in [0.2, 0.25) is 5.91 Å². The Kier molecular flexibility index (Phi) is 5.94. The lowest BCUT2D eigenvalue weighted by Gasteiger charge is -2.14. The van der Waals surface area contributed by atoms with Crippen LogP contribution in [0.2, 0.25) is 5.02 Å². The number of ether oxygens (including phenoxy) is 2. The van der Waals surface area contributed by atoms with Crippen LogP contribution in [0.25, 0.3) is 11.0 Å². The van der Waals surface area contributed by atoms with Crippen LogP contribution in [0.5, 0.6) is 5.75 Å². The van der Waals surface area contributed by atoms with Crippen molar-refractivity contribution in [1.29, 1.82) is 0 Å². The first-order valence-corrected chi connectivity index (χ1v) is 10.5. The molecule has 4 rings (SSSR count). The van der Waals surface area contributed by atoms with E-state index in [0.29, 0.717) is 16.5 Å². The Labute approximate surface area is 192 Å². The molecule has 0 radical (unpaired) electrons. The van der Waals surface area contributed by atoms with E-state index < -0.39 is 29.7 Å². The number of anilines is 1. The Balaban J connectivity index is 1.80. The van der Waals surface area contributed by atoms with E-state index >= 15 is 0 Å². The van der Waals surface area contributed by atoms with Crippen molar-refractivity contribution in [1.82, 2.24) is 14.1 Å². The fourth-order valence-electron chi connectivity index (χ4n) is 3.61. The van der Waals surface area contributed by atoms with Crippen molar-refractivity contribution in [3.05, 3.63) is 61.4 Å². The highest BCUT2D eigenvalue weighted by molar-refractivity contribution is 6.31. The maximum atomic E-state index is 13.3. The van der Waals surface area contributed by atoms with E-state index in [1.165, 1.54) is 33.4 Å². The molecule has 1 aromatic carbocycles. The predicted octanol–water partition coefficient (Wildman–Crippen LogP) is 2.06. The van der Waals surface area contributed by atoms with Crippen molar-refractivity contribution in [2.45, 2.75) is 25.3 Å². The zero-order chi connectivity index (χ0) is 23.9. The molecule has 1 amide bonds. The van der Waals surface area contributed by atoms with Crippen molar-refractivity contribution >= 4 is 40.2 Å². The highest BCUT2D eigenvalue weighted by Crippen LogP contribution is 2.40. The quantitative estimate of drug-likeness (QED) is 0.545. The fourth-order valence-corrected chi connectivity index (χ4v) is 3.78. The number of esters is 1. The largest absolute Gasteiger partial charge is 0.495 e. The highest BCUT2D eigenvalue weighted by atomic mass is 35.5. The first kappa shape index (κ1) is 22.5. The Hall–Kier alpha value is -3.66. The summed E-state index contributed by atoms with van der Waals surface area (Å²) in [6.45, 7) is -0.595. The van der Waals surface area contributed by atoms with Crippen LogP contribution in [0.4, 0.5) is 5.69 Å². The Morgan fingerprint density at radius 1 is 1.21 bits per heavy atom. The summed E-state index contributed by atoms with van der Waals surface area (Å²) in [4.78, 5) is 55.9. The molecule has 0 spiro atoms. The first-order valence-electron chi connectivity index (χ1n) is 10.1. The van der Waals surface area contributed by atoms with Crippen LogP contribution in [-0.2, 0) is 23.1 Å². The molecule has 0 bridgehead atoms. The maximum absolute atomic E-state index is 13.3. The molecule has 1 saturated carbocycles. The van der Waals surface area contributed by atoms with Crippen LogP contribution in [-0.4, -0.2) is 40.2 Å². The van der Waals surface area contributed by atoms with Gasteiger partial charge in [0, 0.05) is 23.7 Å². The second-order valence-electron chi connectivity index (χ2n) is 7.68. The van der Waals surface area contributed by atoms with Crippen molar-refractivity contribution in [3.63, 3.8) is 0 Å². The number of fused-ring (bicyclic) bond motifs is 1. The lowest BCUT2D eigenvalue weighted by molar-refractivity contribution is -0.116. The zero-order valence-electron chi connectivity index (χ0n) is 18.2. The highest BCUT2D eigenvalue weighted by Gasteiger charge is 2.29. The third-order valence-electron chi connectivity index (χ3n) is 5.45. The van der Waals surface area contributed by atoms with Gasteiger partial charge in [0.15, 0.2) is 0 Å². The van der Waals surface area contributed by atoms with Crippen molar-refractivity contribution in [2.75, 3.05) is 19.5 Å². The summed E-state index contributed by atoms with van der Waals surface area (Å²) < 4.78 is 12.0. The average molecular weight is 473 g/mol. The van der Waals surface area contributed by atoms with Gasteiger partial charge in [-0.3, -0.25) is 18.7 Å². The van der Waals surface area contributed by atoms with Crippen LogP contribution in [0, 0.1) is 0 Å². The number of amides is 1. The Morgan fingerprint density at radius 3 is 2.58 bits per heavy atom. The number of hydrogen-bond donors (Lipinski definition) is 1. The molecule has 10 nitrogen and oxygen atoms in total. The Morgan fingerprint density at radius 2 is 1.94 bits per heavy atom. The third kappa shape index (κ3) is 4.21. The SMILES string of the molecule is COC(=O)c1cc(C2CC2)nc2c1c(=O)n(CC(=O)Nc1cc(Cl)ccc1OC)c(=O)n2C. The number of rotatable bonds is 6. The fraction of sp³-hybridized carbons (Fsp3) is 0.318. The minimum absolute atomic E-state index is 0.00988. The first-order chi connectivity index (χ1) is 15.7. The summed E-state index contributed by atoms with van der Waals surface area (Å²) in [5, 5.41) is 2.87. The molecule has 0 saturated heterocycles. The average Bonchev–Trinajstić information content (AvgIpc) is 3.64. The van der Waals surface area contributed by atoms with Gasteiger partial charge in [0.05, 0.1) is 30.9 Å². The third-order valence-corrected chi connectivity index (χ3v) is 5.69. The number of nitrogens with zero attached hydrogens (tertiary/aromatic N) is 3. The van der Waals surface area contributed by atoms with E-state index in [-0.39, 0.29) is 28.2 Å². The summed E-state index contributed by atoms with van der Waals surface area (Å²) in [7, 11) is 4.07. The van der Waals surface area contributed by atoms with E-state index in [0.717, 1.165) is 22.0 Å². The normalized spacial score (nSPS) is 13.1. The number of nitrogens with one attached hydrogen (secondary N) is 1. The molecule has 172 valence electrons. The second kappa shape index (κ2) is 8.70. The van der Waals surface area contributed by atoms with E-state index in [9.17, 15) is 19.2 Å². The molecule has 3 aromatic rings. The standard InChI is InChI=1S/C22H21ClN4O6/c1-26-19-18(13(21(30)33-3)9-14(25-19)11-4-5-11)20(29)27(22(26)31)10-17(28)24-15-8-12(23)6-7-16(15)32-2/h6-9,11H,4-5,10H2,1-3H3,(H,24,28).